The number of likely N-dealkylation sites (N-methyl/N-ethyl adjacent to an activating group) is 2. The van der Waals surface area contributed by atoms with Crippen molar-refractivity contribution in [1.82, 2.24) is 20.9 Å². The molecule has 2 aromatic rings. The van der Waals surface area contributed by atoms with E-state index < -0.39 is 47.7 Å². The normalized spacial score (nSPS) is 14.9. The lowest BCUT2D eigenvalue weighted by Gasteiger charge is -2.34. The molecule has 0 fully saturated rings. The Morgan fingerprint density at radius 1 is 0.872 bits per heavy atom. The smallest absolute Gasteiger partial charge is 0.407 e. The summed E-state index contributed by atoms with van der Waals surface area (Å²) in [4.78, 5) is 68.3. The van der Waals surface area contributed by atoms with Crippen LogP contribution in [-0.2, 0) is 28.7 Å². The number of benzene rings is 2. The lowest BCUT2D eigenvalue weighted by Crippen LogP contribution is -2.57. The van der Waals surface area contributed by atoms with Crippen LogP contribution in [0.2, 0.25) is 0 Å². The SMILES string of the molecule is C=CCN(C(=O)C(CC(=O)[C@H](C)NC)NC(=O)OCC1c2ccccc2-c2ccccc21)C(CC(=O)[C@H](C)NC)C(=O)OC(C)(C)C. The van der Waals surface area contributed by atoms with Gasteiger partial charge in [-0.05, 0) is 71.0 Å². The molecule has 2 amide bonds. The minimum atomic E-state index is -1.41. The highest BCUT2D eigenvalue weighted by Crippen LogP contribution is 2.44. The molecule has 0 aromatic heterocycles. The fourth-order valence-electron chi connectivity index (χ4n) is 5.45. The maximum atomic E-state index is 14.2. The van der Waals surface area contributed by atoms with Crippen molar-refractivity contribution in [3.8, 4) is 11.1 Å². The van der Waals surface area contributed by atoms with Gasteiger partial charge in [-0.25, -0.2) is 9.59 Å². The van der Waals surface area contributed by atoms with E-state index in [2.05, 4.69) is 22.5 Å². The number of nitrogens with one attached hydrogen (secondary N) is 3. The van der Waals surface area contributed by atoms with Gasteiger partial charge in [0.2, 0.25) is 5.91 Å². The molecule has 0 saturated heterocycles. The first-order chi connectivity index (χ1) is 22.2. The van der Waals surface area contributed by atoms with E-state index in [4.69, 9.17) is 9.47 Å². The summed E-state index contributed by atoms with van der Waals surface area (Å²) in [6.07, 6.45) is -0.235. The summed E-state index contributed by atoms with van der Waals surface area (Å²) in [6.45, 7) is 11.9. The zero-order chi connectivity index (χ0) is 34.9. The maximum Gasteiger partial charge on any atom is 0.407 e. The Balaban J connectivity index is 1.90. The van der Waals surface area contributed by atoms with Gasteiger partial charge in [0.25, 0.3) is 0 Å². The van der Waals surface area contributed by atoms with Gasteiger partial charge in [-0.3, -0.25) is 14.4 Å². The molecular formula is C36H48N4O7. The van der Waals surface area contributed by atoms with Crippen molar-refractivity contribution >= 4 is 29.5 Å². The predicted molar refractivity (Wildman–Crippen MR) is 180 cm³/mol. The molecule has 11 heteroatoms. The van der Waals surface area contributed by atoms with E-state index in [0.29, 0.717) is 0 Å². The number of rotatable bonds is 16. The number of alkyl carbamates (subject to hydrolysis) is 1. The first kappa shape index (κ1) is 37.1. The average molecular weight is 649 g/mol. The highest BCUT2D eigenvalue weighted by atomic mass is 16.6. The summed E-state index contributed by atoms with van der Waals surface area (Å²) < 4.78 is 11.3. The molecule has 0 aliphatic heterocycles. The number of ether oxygens (including phenoxy) is 2. The maximum absolute atomic E-state index is 14.2. The van der Waals surface area contributed by atoms with Crippen LogP contribution in [0.5, 0.6) is 0 Å². The zero-order valence-corrected chi connectivity index (χ0v) is 28.4. The monoisotopic (exact) mass is 648 g/mol. The molecule has 0 radical (unpaired) electrons. The van der Waals surface area contributed by atoms with E-state index in [0.717, 1.165) is 27.2 Å². The van der Waals surface area contributed by atoms with Crippen LogP contribution in [0.4, 0.5) is 4.79 Å². The first-order valence-electron chi connectivity index (χ1n) is 15.9. The van der Waals surface area contributed by atoms with Gasteiger partial charge in [0.05, 0.1) is 12.1 Å². The molecule has 3 N–H and O–H groups in total. The highest BCUT2D eigenvalue weighted by Gasteiger charge is 2.39. The van der Waals surface area contributed by atoms with Crippen molar-refractivity contribution in [2.24, 2.45) is 0 Å². The number of hydrogen-bond donors (Lipinski definition) is 3. The van der Waals surface area contributed by atoms with Gasteiger partial charge in [0, 0.05) is 25.3 Å². The molecular weight excluding hydrogens is 600 g/mol. The molecule has 0 spiro atoms. The minimum absolute atomic E-state index is 0.00501. The van der Waals surface area contributed by atoms with Gasteiger partial charge in [0.1, 0.15) is 24.3 Å². The van der Waals surface area contributed by atoms with Gasteiger partial charge < -0.3 is 30.3 Å². The fraction of sp³-hybridized carbons (Fsp3) is 0.472. The second kappa shape index (κ2) is 16.5. The Bertz CT molecular complexity index is 1420. The van der Waals surface area contributed by atoms with Crippen molar-refractivity contribution in [2.45, 2.75) is 83.1 Å². The minimum Gasteiger partial charge on any atom is -0.458 e. The van der Waals surface area contributed by atoms with Gasteiger partial charge in [-0.1, -0.05) is 54.6 Å². The van der Waals surface area contributed by atoms with Crippen LogP contribution in [0.1, 0.15) is 64.5 Å². The van der Waals surface area contributed by atoms with Crippen molar-refractivity contribution in [3.63, 3.8) is 0 Å². The Kier molecular flexibility index (Phi) is 13.0. The molecule has 3 rings (SSSR count). The van der Waals surface area contributed by atoms with Crippen LogP contribution in [0, 0.1) is 0 Å². The van der Waals surface area contributed by atoms with Crippen LogP contribution < -0.4 is 16.0 Å². The molecule has 4 atom stereocenters. The summed E-state index contributed by atoms with van der Waals surface area (Å²) in [6, 6.07) is 11.8. The Labute approximate surface area is 277 Å². The summed E-state index contributed by atoms with van der Waals surface area (Å²) >= 11 is 0. The van der Waals surface area contributed by atoms with Gasteiger partial charge in [-0.2, -0.15) is 0 Å². The molecule has 11 nitrogen and oxygen atoms in total. The second-order valence-electron chi connectivity index (χ2n) is 12.7. The van der Waals surface area contributed by atoms with E-state index >= 15 is 0 Å². The van der Waals surface area contributed by atoms with E-state index in [-0.39, 0.29) is 43.5 Å². The Morgan fingerprint density at radius 2 is 1.38 bits per heavy atom. The van der Waals surface area contributed by atoms with Crippen LogP contribution >= 0.6 is 0 Å². The largest absolute Gasteiger partial charge is 0.458 e. The quantitative estimate of drug-likeness (QED) is 0.183. The predicted octanol–water partition coefficient (Wildman–Crippen LogP) is 3.75. The van der Waals surface area contributed by atoms with Crippen molar-refractivity contribution in [1.29, 1.82) is 0 Å². The number of hydrogen-bond acceptors (Lipinski definition) is 9. The molecule has 1 aliphatic carbocycles. The van der Waals surface area contributed by atoms with Crippen molar-refractivity contribution in [3.05, 3.63) is 72.3 Å². The van der Waals surface area contributed by atoms with Gasteiger partial charge in [0.15, 0.2) is 11.6 Å². The number of ketones is 2. The van der Waals surface area contributed by atoms with Gasteiger partial charge in [-0.15, -0.1) is 6.58 Å². The Hall–Kier alpha value is -4.35. The topological polar surface area (TPSA) is 143 Å². The number of esters is 1. The van der Waals surface area contributed by atoms with Crippen LogP contribution in [0.15, 0.2) is 61.2 Å². The molecule has 2 unspecified atom stereocenters. The van der Waals surface area contributed by atoms with Crippen LogP contribution in [-0.4, -0.2) is 91.5 Å². The van der Waals surface area contributed by atoms with Crippen LogP contribution in [0.3, 0.4) is 0 Å². The number of carbonyl (C=O) groups is 5. The summed E-state index contributed by atoms with van der Waals surface area (Å²) in [7, 11) is 3.22. The molecule has 0 heterocycles. The summed E-state index contributed by atoms with van der Waals surface area (Å²) in [5.74, 6) is -2.44. The number of Topliss-reactive ketones (excluding diaryl/α,β-unsaturated/α-hetero) is 2. The fourth-order valence-corrected chi connectivity index (χ4v) is 5.45. The standard InChI is InChI=1S/C36H48N4O7/c1-9-18-40(30(20-32(42)23(3)38-8)34(44)47-36(4,5)6)33(43)29(19-31(41)22(2)37-7)39-35(45)46-21-28-26-16-12-10-14-24(26)25-15-11-13-17-27(25)28/h9-17,22-23,28-30,37-38H,1,18-21H2,2-8H3,(H,39,45)/t22-,23-,29?,30?/m0/s1. The lowest BCUT2D eigenvalue weighted by molar-refractivity contribution is -0.166. The Morgan fingerprint density at radius 3 is 1.87 bits per heavy atom. The summed E-state index contributed by atoms with van der Waals surface area (Å²) in [5, 5.41) is 8.28. The van der Waals surface area contributed by atoms with Gasteiger partial charge >= 0.3 is 12.1 Å². The van der Waals surface area contributed by atoms with E-state index in [1.165, 1.54) is 6.08 Å². The lowest BCUT2D eigenvalue weighted by atomic mass is 9.98. The molecule has 2 aromatic carbocycles. The average Bonchev–Trinajstić information content (AvgIpc) is 3.36. The van der Waals surface area contributed by atoms with E-state index in [1.807, 2.05) is 48.5 Å². The van der Waals surface area contributed by atoms with E-state index in [9.17, 15) is 24.0 Å². The molecule has 0 saturated carbocycles. The third-order valence-corrected chi connectivity index (χ3v) is 8.23. The molecule has 254 valence electrons. The second-order valence-corrected chi connectivity index (χ2v) is 12.7. The summed E-state index contributed by atoms with van der Waals surface area (Å²) in [5.41, 5.74) is 3.25. The molecule has 0 bridgehead atoms. The number of amides is 2. The highest BCUT2D eigenvalue weighted by molar-refractivity contribution is 5.97. The molecule has 1 aliphatic rings. The molecule has 47 heavy (non-hydrogen) atoms. The number of nitrogens with zero attached hydrogens (tertiary/aromatic N) is 1. The number of fused-ring (bicyclic) bond motifs is 3. The van der Waals surface area contributed by atoms with E-state index in [1.54, 1.807) is 48.7 Å². The third-order valence-electron chi connectivity index (χ3n) is 8.23. The van der Waals surface area contributed by atoms with Crippen LogP contribution in [0.25, 0.3) is 11.1 Å². The number of carbonyl (C=O) groups excluding carboxylic acids is 5. The van der Waals surface area contributed by atoms with Crippen molar-refractivity contribution in [2.75, 3.05) is 27.2 Å². The van der Waals surface area contributed by atoms with Crippen molar-refractivity contribution < 1.29 is 33.4 Å². The first-order valence-corrected chi connectivity index (χ1v) is 15.9. The third kappa shape index (κ3) is 9.59. The zero-order valence-electron chi connectivity index (χ0n) is 28.4.